The van der Waals surface area contributed by atoms with Crippen LogP contribution in [0.1, 0.15) is 56.8 Å². The number of halogens is 1. The average molecular weight is 427 g/mol. The van der Waals surface area contributed by atoms with Crippen LogP contribution in [0.5, 0.6) is 0 Å². The highest BCUT2D eigenvalue weighted by Crippen LogP contribution is 2.32. The van der Waals surface area contributed by atoms with Crippen LogP contribution in [0.3, 0.4) is 0 Å². The Hall–Kier alpha value is -2.33. The number of carbonyl (C=O) groups is 2. The van der Waals surface area contributed by atoms with Gasteiger partial charge in [-0.1, -0.05) is 50.6 Å². The van der Waals surface area contributed by atoms with E-state index in [1.807, 2.05) is 24.3 Å². The summed E-state index contributed by atoms with van der Waals surface area (Å²) in [5.74, 6) is 0.645. The van der Waals surface area contributed by atoms with E-state index in [0.29, 0.717) is 35.1 Å². The van der Waals surface area contributed by atoms with E-state index in [-0.39, 0.29) is 11.3 Å². The molecule has 0 spiro atoms. The summed E-state index contributed by atoms with van der Waals surface area (Å²) in [6, 6.07) is 14.8. The summed E-state index contributed by atoms with van der Waals surface area (Å²) in [7, 11) is 0. The van der Waals surface area contributed by atoms with Crippen LogP contribution < -0.4 is 10.2 Å². The topological polar surface area (TPSA) is 49.4 Å². The minimum absolute atomic E-state index is 0.0535. The van der Waals surface area contributed by atoms with E-state index in [9.17, 15) is 9.59 Å². The van der Waals surface area contributed by atoms with Gasteiger partial charge in [-0.25, -0.2) is 0 Å². The zero-order valence-corrected chi connectivity index (χ0v) is 18.8. The number of carbonyl (C=O) groups excluding carboxylic acids is 2. The quantitative estimate of drug-likeness (QED) is 0.597. The fourth-order valence-electron chi connectivity index (χ4n) is 4.04. The molecule has 1 heterocycles. The standard InChI is InChI=1S/C25H31ClN2O2/c1-25(2,3)17-21(29)15-18-11-13-28(14-12-18)23-10-5-4-9-22(23)27-24(30)19-7-6-8-20(26)16-19/h4-10,16,18H,11-15,17H2,1-3H3,(H,27,30). The molecule has 160 valence electrons. The maximum atomic E-state index is 12.7. The molecule has 1 amide bonds. The third-order valence-electron chi connectivity index (χ3n) is 5.44. The minimum Gasteiger partial charge on any atom is -0.370 e. The van der Waals surface area contributed by atoms with Crippen molar-refractivity contribution < 1.29 is 9.59 Å². The smallest absolute Gasteiger partial charge is 0.255 e. The van der Waals surface area contributed by atoms with Crippen molar-refractivity contribution >= 4 is 34.7 Å². The van der Waals surface area contributed by atoms with Gasteiger partial charge >= 0.3 is 0 Å². The molecule has 0 unspecified atom stereocenters. The predicted octanol–water partition coefficient (Wildman–Crippen LogP) is 6.20. The van der Waals surface area contributed by atoms with Crippen molar-refractivity contribution in [1.82, 2.24) is 0 Å². The molecule has 3 rings (SSSR count). The van der Waals surface area contributed by atoms with Gasteiger partial charge in [-0.2, -0.15) is 0 Å². The normalized spacial score (nSPS) is 15.1. The largest absolute Gasteiger partial charge is 0.370 e. The average Bonchev–Trinajstić information content (AvgIpc) is 2.67. The molecular weight excluding hydrogens is 396 g/mol. The molecule has 2 aromatic carbocycles. The molecule has 30 heavy (non-hydrogen) atoms. The first-order chi connectivity index (χ1) is 14.2. The van der Waals surface area contributed by atoms with Gasteiger partial charge in [-0.3, -0.25) is 9.59 Å². The maximum absolute atomic E-state index is 12.7. The molecule has 0 atom stereocenters. The summed E-state index contributed by atoms with van der Waals surface area (Å²) in [5.41, 5.74) is 2.41. The van der Waals surface area contributed by atoms with Gasteiger partial charge in [0.25, 0.3) is 5.91 Å². The summed E-state index contributed by atoms with van der Waals surface area (Å²) >= 11 is 6.02. The van der Waals surface area contributed by atoms with Crippen LogP contribution in [0.2, 0.25) is 5.02 Å². The van der Waals surface area contributed by atoms with Crippen molar-refractivity contribution in [2.45, 2.75) is 46.5 Å². The Morgan fingerprint density at radius 1 is 1.07 bits per heavy atom. The van der Waals surface area contributed by atoms with Gasteiger partial charge in [0.2, 0.25) is 0 Å². The summed E-state index contributed by atoms with van der Waals surface area (Å²) < 4.78 is 0. The van der Waals surface area contributed by atoms with E-state index in [1.54, 1.807) is 24.3 Å². The van der Waals surface area contributed by atoms with Crippen LogP contribution in [0.4, 0.5) is 11.4 Å². The first-order valence-electron chi connectivity index (χ1n) is 10.6. The van der Waals surface area contributed by atoms with Crippen LogP contribution in [0.25, 0.3) is 0 Å². The highest BCUT2D eigenvalue weighted by molar-refractivity contribution is 6.31. The van der Waals surface area contributed by atoms with Crippen LogP contribution in [0, 0.1) is 11.3 Å². The lowest BCUT2D eigenvalue weighted by atomic mass is 9.84. The molecule has 2 aromatic rings. The SMILES string of the molecule is CC(C)(C)CC(=O)CC1CCN(c2ccccc2NC(=O)c2cccc(Cl)c2)CC1. The van der Waals surface area contributed by atoms with Crippen molar-refractivity contribution in [3.05, 3.63) is 59.1 Å². The summed E-state index contributed by atoms with van der Waals surface area (Å²) in [6.45, 7) is 8.11. The first-order valence-corrected chi connectivity index (χ1v) is 11.0. The van der Waals surface area contributed by atoms with Crippen molar-refractivity contribution in [1.29, 1.82) is 0 Å². The molecular formula is C25H31ClN2O2. The monoisotopic (exact) mass is 426 g/mol. The van der Waals surface area contributed by atoms with E-state index < -0.39 is 0 Å². The number of nitrogens with one attached hydrogen (secondary N) is 1. The van der Waals surface area contributed by atoms with E-state index in [0.717, 1.165) is 37.3 Å². The Morgan fingerprint density at radius 3 is 2.43 bits per heavy atom. The van der Waals surface area contributed by atoms with Crippen LogP contribution in [0.15, 0.2) is 48.5 Å². The van der Waals surface area contributed by atoms with Crippen molar-refractivity contribution in [2.75, 3.05) is 23.3 Å². The van der Waals surface area contributed by atoms with E-state index in [1.165, 1.54) is 0 Å². The van der Waals surface area contributed by atoms with Crippen LogP contribution in [-0.4, -0.2) is 24.8 Å². The van der Waals surface area contributed by atoms with Crippen molar-refractivity contribution in [3.63, 3.8) is 0 Å². The molecule has 1 aliphatic rings. The number of piperidine rings is 1. The lowest BCUT2D eigenvalue weighted by Crippen LogP contribution is -2.35. The maximum Gasteiger partial charge on any atom is 0.255 e. The van der Waals surface area contributed by atoms with Gasteiger partial charge in [0.15, 0.2) is 0 Å². The number of nitrogens with zero attached hydrogens (tertiary/aromatic N) is 1. The molecule has 0 saturated carbocycles. The van der Waals surface area contributed by atoms with Gasteiger partial charge in [0, 0.05) is 36.5 Å². The van der Waals surface area contributed by atoms with Gasteiger partial charge in [-0.15, -0.1) is 0 Å². The van der Waals surface area contributed by atoms with Gasteiger partial charge in [-0.05, 0) is 54.5 Å². The number of Topliss-reactive ketones (excluding diaryl/α,β-unsaturated/α-hetero) is 1. The Labute approximate surface area is 184 Å². The van der Waals surface area contributed by atoms with Crippen molar-refractivity contribution in [2.24, 2.45) is 11.3 Å². The molecule has 5 heteroatoms. The predicted molar refractivity (Wildman–Crippen MR) is 124 cm³/mol. The number of rotatable bonds is 6. The Morgan fingerprint density at radius 2 is 1.77 bits per heavy atom. The number of para-hydroxylation sites is 2. The van der Waals surface area contributed by atoms with Gasteiger partial charge in [0.05, 0.1) is 11.4 Å². The third-order valence-corrected chi connectivity index (χ3v) is 5.67. The number of ketones is 1. The van der Waals surface area contributed by atoms with E-state index >= 15 is 0 Å². The second-order valence-corrected chi connectivity index (χ2v) is 9.83. The number of hydrogen-bond donors (Lipinski definition) is 1. The molecule has 1 N–H and O–H groups in total. The highest BCUT2D eigenvalue weighted by atomic mass is 35.5. The lowest BCUT2D eigenvalue weighted by Gasteiger charge is -2.34. The first kappa shape index (κ1) is 22.4. The molecule has 0 radical (unpaired) electrons. The molecule has 1 saturated heterocycles. The Bertz CT molecular complexity index is 896. The van der Waals surface area contributed by atoms with Crippen LogP contribution >= 0.6 is 11.6 Å². The number of amides is 1. The molecule has 1 aliphatic heterocycles. The summed E-state index contributed by atoms with van der Waals surface area (Å²) in [6.07, 6.45) is 3.31. The van der Waals surface area contributed by atoms with Gasteiger partial charge in [0.1, 0.15) is 5.78 Å². The number of anilines is 2. The Balaban J connectivity index is 1.61. The zero-order chi connectivity index (χ0) is 21.7. The Kier molecular flexibility index (Phi) is 7.19. The molecule has 1 fully saturated rings. The number of benzene rings is 2. The molecule has 0 aromatic heterocycles. The van der Waals surface area contributed by atoms with Crippen LogP contribution in [-0.2, 0) is 4.79 Å². The lowest BCUT2D eigenvalue weighted by molar-refractivity contribution is -0.121. The fourth-order valence-corrected chi connectivity index (χ4v) is 4.23. The summed E-state index contributed by atoms with van der Waals surface area (Å²) in [5, 5.41) is 3.57. The van der Waals surface area contributed by atoms with E-state index in [2.05, 4.69) is 31.0 Å². The second kappa shape index (κ2) is 9.65. The zero-order valence-electron chi connectivity index (χ0n) is 18.1. The molecule has 0 aliphatic carbocycles. The second-order valence-electron chi connectivity index (χ2n) is 9.39. The van der Waals surface area contributed by atoms with Gasteiger partial charge < -0.3 is 10.2 Å². The highest BCUT2D eigenvalue weighted by Gasteiger charge is 2.25. The molecule has 4 nitrogen and oxygen atoms in total. The molecule has 0 bridgehead atoms. The minimum atomic E-state index is -0.174. The third kappa shape index (κ3) is 6.33. The number of hydrogen-bond acceptors (Lipinski definition) is 3. The van der Waals surface area contributed by atoms with E-state index in [4.69, 9.17) is 11.6 Å². The van der Waals surface area contributed by atoms with Crippen molar-refractivity contribution in [3.8, 4) is 0 Å². The summed E-state index contributed by atoms with van der Waals surface area (Å²) in [4.78, 5) is 27.3. The fraction of sp³-hybridized carbons (Fsp3) is 0.440.